The number of rotatable bonds is 6. The van der Waals surface area contributed by atoms with Crippen molar-refractivity contribution in [1.82, 2.24) is 10.2 Å². The zero-order valence-corrected chi connectivity index (χ0v) is 21.8. The second-order valence-electron chi connectivity index (χ2n) is 9.68. The standard InChI is InChI=1S/C24H29ClF3N3O5S/c1-14-4-2-7-18(14)29-23(33)30-19-9-8-17(25)21(20(19)36-22(32)24(26,27)28)37(34,35)16-10-12-31(13-11-16)15-5-3-6-15/h4,8-9,15-16,18H,2-3,5-7,10-13H2,1H3,(H2,29,30,33)/t18-/m1/s1. The molecule has 1 saturated carbocycles. The number of alkyl halides is 3. The Morgan fingerprint density at radius 3 is 2.32 bits per heavy atom. The minimum atomic E-state index is -5.40. The number of piperidine rings is 1. The Morgan fingerprint density at radius 2 is 1.78 bits per heavy atom. The quantitative estimate of drug-likeness (QED) is 0.292. The van der Waals surface area contributed by atoms with E-state index in [1.807, 2.05) is 13.0 Å². The molecule has 0 aromatic heterocycles. The first kappa shape index (κ1) is 27.7. The number of esters is 1. The second-order valence-corrected chi connectivity index (χ2v) is 12.3. The molecule has 2 amide bonds. The Bertz CT molecular complexity index is 1190. The van der Waals surface area contributed by atoms with Crippen LogP contribution in [0.25, 0.3) is 0 Å². The van der Waals surface area contributed by atoms with Crippen molar-refractivity contribution in [3.8, 4) is 5.75 Å². The van der Waals surface area contributed by atoms with Gasteiger partial charge in [0.1, 0.15) is 4.90 Å². The summed E-state index contributed by atoms with van der Waals surface area (Å²) in [5.74, 6) is -3.56. The van der Waals surface area contributed by atoms with Gasteiger partial charge in [-0.05, 0) is 70.7 Å². The molecule has 0 radical (unpaired) electrons. The first-order chi connectivity index (χ1) is 17.4. The molecule has 1 atom stereocenters. The van der Waals surface area contributed by atoms with Gasteiger partial charge in [0.05, 0.1) is 22.0 Å². The zero-order valence-electron chi connectivity index (χ0n) is 20.2. The van der Waals surface area contributed by atoms with Crippen LogP contribution in [0, 0.1) is 0 Å². The number of anilines is 1. The van der Waals surface area contributed by atoms with Crippen LogP contribution in [0.3, 0.4) is 0 Å². The molecule has 1 aliphatic heterocycles. The fourth-order valence-electron chi connectivity index (χ4n) is 4.97. The molecule has 3 aliphatic rings. The number of likely N-dealkylation sites (tertiary alicyclic amines) is 1. The molecule has 0 unspecified atom stereocenters. The normalized spacial score (nSPS) is 21.8. The third-order valence-corrected chi connectivity index (χ3v) is 10.1. The SMILES string of the molecule is CC1=CCC[C@H]1NC(=O)Nc1ccc(Cl)c(S(=O)(=O)C2CCN(C3CCC3)CC2)c1OC(=O)C(F)(F)F. The lowest BCUT2D eigenvalue weighted by atomic mass is 9.90. The lowest BCUT2D eigenvalue weighted by molar-refractivity contribution is -0.189. The second kappa shape index (κ2) is 10.8. The molecule has 0 spiro atoms. The molecule has 4 rings (SSSR count). The topological polar surface area (TPSA) is 105 Å². The van der Waals surface area contributed by atoms with Crippen LogP contribution in [-0.2, 0) is 14.6 Å². The Kier molecular flexibility index (Phi) is 8.10. The number of ether oxygens (including phenoxy) is 1. The van der Waals surface area contributed by atoms with E-state index < -0.39 is 54.6 Å². The Balaban J connectivity index is 1.64. The predicted octanol–water partition coefficient (Wildman–Crippen LogP) is 4.83. The summed E-state index contributed by atoms with van der Waals surface area (Å²) < 4.78 is 71.3. The molecule has 0 bridgehead atoms. The number of halogens is 4. The summed E-state index contributed by atoms with van der Waals surface area (Å²) in [7, 11) is -4.33. The van der Waals surface area contributed by atoms with Crippen molar-refractivity contribution >= 4 is 39.1 Å². The molecule has 2 aliphatic carbocycles. The van der Waals surface area contributed by atoms with Gasteiger partial charge in [0.15, 0.2) is 15.6 Å². The molecule has 2 fully saturated rings. The number of carbonyl (C=O) groups is 2. The van der Waals surface area contributed by atoms with Crippen molar-refractivity contribution in [2.24, 2.45) is 0 Å². The summed E-state index contributed by atoms with van der Waals surface area (Å²) in [5.41, 5.74) is 0.510. The smallest absolute Gasteiger partial charge is 0.416 e. The van der Waals surface area contributed by atoms with Crippen molar-refractivity contribution in [2.75, 3.05) is 18.4 Å². The van der Waals surface area contributed by atoms with E-state index in [0.717, 1.165) is 43.4 Å². The maximum atomic E-state index is 13.7. The van der Waals surface area contributed by atoms with E-state index >= 15 is 0 Å². The van der Waals surface area contributed by atoms with Crippen molar-refractivity contribution < 1.29 is 35.9 Å². The van der Waals surface area contributed by atoms with Gasteiger partial charge in [-0.15, -0.1) is 0 Å². The number of nitrogens with one attached hydrogen (secondary N) is 2. The fraction of sp³-hybridized carbons (Fsp3) is 0.583. The molecule has 2 N–H and O–H groups in total. The van der Waals surface area contributed by atoms with Gasteiger partial charge in [0.2, 0.25) is 0 Å². The highest BCUT2D eigenvalue weighted by Crippen LogP contribution is 2.42. The maximum absolute atomic E-state index is 13.7. The van der Waals surface area contributed by atoms with Crippen LogP contribution in [0.4, 0.5) is 23.7 Å². The number of benzene rings is 1. The van der Waals surface area contributed by atoms with Crippen molar-refractivity contribution in [3.05, 3.63) is 28.8 Å². The van der Waals surface area contributed by atoms with E-state index in [1.165, 1.54) is 0 Å². The minimum absolute atomic E-state index is 0.257. The third-order valence-electron chi connectivity index (χ3n) is 7.31. The number of carbonyl (C=O) groups excluding carboxylic acids is 2. The molecule has 1 saturated heterocycles. The zero-order chi connectivity index (χ0) is 27.0. The van der Waals surface area contributed by atoms with E-state index in [0.29, 0.717) is 25.6 Å². The Morgan fingerprint density at radius 1 is 1.11 bits per heavy atom. The average molecular weight is 564 g/mol. The van der Waals surface area contributed by atoms with E-state index in [9.17, 15) is 31.2 Å². The van der Waals surface area contributed by atoms with E-state index in [2.05, 4.69) is 20.3 Å². The van der Waals surface area contributed by atoms with Crippen LogP contribution >= 0.6 is 11.6 Å². The van der Waals surface area contributed by atoms with Gasteiger partial charge in [-0.25, -0.2) is 18.0 Å². The van der Waals surface area contributed by atoms with Crippen LogP contribution in [0.5, 0.6) is 5.75 Å². The number of sulfone groups is 1. The van der Waals surface area contributed by atoms with Crippen molar-refractivity contribution in [3.63, 3.8) is 0 Å². The summed E-state index contributed by atoms with van der Waals surface area (Å²) in [6.07, 6.45) is 1.73. The molecule has 1 aromatic carbocycles. The van der Waals surface area contributed by atoms with Crippen molar-refractivity contribution in [2.45, 2.75) is 80.3 Å². The highest BCUT2D eigenvalue weighted by atomic mass is 35.5. The summed E-state index contributed by atoms with van der Waals surface area (Å²) in [4.78, 5) is 25.9. The fourth-order valence-corrected chi connectivity index (χ4v) is 7.36. The van der Waals surface area contributed by atoms with Crippen LogP contribution in [0.15, 0.2) is 28.7 Å². The highest BCUT2D eigenvalue weighted by Gasteiger charge is 2.44. The number of hydrogen-bond donors (Lipinski definition) is 2. The van der Waals surface area contributed by atoms with Crippen LogP contribution in [0.2, 0.25) is 5.02 Å². The van der Waals surface area contributed by atoms with Crippen LogP contribution in [-0.4, -0.2) is 61.9 Å². The van der Waals surface area contributed by atoms with Gasteiger partial charge in [-0.3, -0.25) is 0 Å². The first-order valence-electron chi connectivity index (χ1n) is 12.2. The van der Waals surface area contributed by atoms with Gasteiger partial charge in [0.25, 0.3) is 0 Å². The number of nitrogens with zero attached hydrogens (tertiary/aromatic N) is 1. The van der Waals surface area contributed by atoms with Gasteiger partial charge in [0, 0.05) is 6.04 Å². The van der Waals surface area contributed by atoms with Crippen LogP contribution < -0.4 is 15.4 Å². The number of allylic oxidation sites excluding steroid dienone is 1. The third kappa shape index (κ3) is 6.06. The number of amides is 2. The number of hydrogen-bond acceptors (Lipinski definition) is 6. The highest BCUT2D eigenvalue weighted by molar-refractivity contribution is 7.92. The summed E-state index contributed by atoms with van der Waals surface area (Å²) in [5, 5.41) is 3.70. The molecule has 204 valence electrons. The summed E-state index contributed by atoms with van der Waals surface area (Å²) in [6.45, 7) is 2.88. The minimum Gasteiger partial charge on any atom is -0.416 e. The lowest BCUT2D eigenvalue weighted by Crippen LogP contribution is -2.47. The molecule has 37 heavy (non-hydrogen) atoms. The van der Waals surface area contributed by atoms with E-state index in [-0.39, 0.29) is 18.9 Å². The molecular weight excluding hydrogens is 535 g/mol. The van der Waals surface area contributed by atoms with Crippen molar-refractivity contribution in [1.29, 1.82) is 0 Å². The first-order valence-corrected chi connectivity index (χ1v) is 14.1. The Labute approximate surface area is 218 Å². The van der Waals surface area contributed by atoms with E-state index in [1.54, 1.807) is 0 Å². The molecule has 1 aromatic rings. The lowest BCUT2D eigenvalue weighted by Gasteiger charge is -2.41. The largest absolute Gasteiger partial charge is 0.491 e. The van der Waals surface area contributed by atoms with Gasteiger partial charge < -0.3 is 20.3 Å². The monoisotopic (exact) mass is 563 g/mol. The number of urea groups is 1. The van der Waals surface area contributed by atoms with Gasteiger partial charge in [-0.1, -0.05) is 29.7 Å². The summed E-state index contributed by atoms with van der Waals surface area (Å²) >= 11 is 6.21. The Hall–Kier alpha value is -2.31. The van der Waals surface area contributed by atoms with E-state index in [4.69, 9.17) is 11.6 Å². The molecule has 8 nitrogen and oxygen atoms in total. The predicted molar refractivity (Wildman–Crippen MR) is 131 cm³/mol. The van der Waals surface area contributed by atoms with Gasteiger partial charge >= 0.3 is 18.2 Å². The maximum Gasteiger partial charge on any atom is 0.491 e. The molecule has 1 heterocycles. The van der Waals surface area contributed by atoms with Gasteiger partial charge in [-0.2, -0.15) is 13.2 Å². The van der Waals surface area contributed by atoms with Crippen LogP contribution in [0.1, 0.15) is 51.9 Å². The molecular formula is C24H29ClF3N3O5S. The summed E-state index contributed by atoms with van der Waals surface area (Å²) in [6, 6.07) is 1.62. The molecule has 13 heteroatoms. The average Bonchev–Trinajstić information content (AvgIpc) is 3.18.